The molecule has 4 nitrogen and oxygen atoms in total. The third kappa shape index (κ3) is 4.60. The number of nitrogens with one attached hydrogen (secondary N) is 1. The summed E-state index contributed by atoms with van der Waals surface area (Å²) in [6.07, 6.45) is 0.610. The molecule has 0 aliphatic rings. The summed E-state index contributed by atoms with van der Waals surface area (Å²) < 4.78 is 18.1. The second-order valence-electron chi connectivity index (χ2n) is 3.55. The molecule has 0 radical (unpaired) electrons. The molecular weight excluding hydrogens is 261 g/mol. The van der Waals surface area contributed by atoms with Crippen molar-refractivity contribution in [3.8, 4) is 0 Å². The number of hydrogen-bond donors (Lipinski definition) is 2. The van der Waals surface area contributed by atoms with Gasteiger partial charge >= 0.3 is 0 Å². The quantitative estimate of drug-likeness (QED) is 0.743. The van der Waals surface area contributed by atoms with Crippen molar-refractivity contribution in [2.24, 2.45) is 0 Å². The number of carbonyl (C=O) groups is 1. The first-order chi connectivity index (χ1) is 8.66. The maximum atomic E-state index is 13.1. The minimum Gasteiger partial charge on any atom is -0.394 e. The van der Waals surface area contributed by atoms with Crippen LogP contribution in [0.15, 0.2) is 18.2 Å². The van der Waals surface area contributed by atoms with Crippen LogP contribution in [0.3, 0.4) is 0 Å². The molecule has 0 fully saturated rings. The fourth-order valence-corrected chi connectivity index (χ4v) is 1.53. The summed E-state index contributed by atoms with van der Waals surface area (Å²) in [4.78, 5) is 11.7. The van der Waals surface area contributed by atoms with E-state index < -0.39 is 11.7 Å². The average molecular weight is 276 g/mol. The van der Waals surface area contributed by atoms with E-state index in [1.165, 1.54) is 18.2 Å². The van der Waals surface area contributed by atoms with Crippen molar-refractivity contribution in [2.75, 3.05) is 26.4 Å². The van der Waals surface area contributed by atoms with Crippen molar-refractivity contribution in [1.29, 1.82) is 0 Å². The van der Waals surface area contributed by atoms with Crippen LogP contribution < -0.4 is 5.32 Å². The van der Waals surface area contributed by atoms with E-state index >= 15 is 0 Å². The van der Waals surface area contributed by atoms with E-state index in [9.17, 15) is 9.18 Å². The number of aliphatic hydroxyl groups excluding tert-OH is 1. The summed E-state index contributed by atoms with van der Waals surface area (Å²) in [7, 11) is 0. The third-order valence-corrected chi connectivity index (χ3v) is 2.57. The lowest BCUT2D eigenvalue weighted by Crippen LogP contribution is -2.25. The Kier molecular flexibility index (Phi) is 6.64. The fraction of sp³-hybridized carbons (Fsp3) is 0.417. The van der Waals surface area contributed by atoms with E-state index in [2.05, 4.69) is 5.32 Å². The summed E-state index contributed by atoms with van der Waals surface area (Å²) >= 11 is 5.68. The molecule has 0 saturated carbocycles. The van der Waals surface area contributed by atoms with Crippen molar-refractivity contribution in [2.45, 2.75) is 6.42 Å². The molecule has 0 aliphatic heterocycles. The Bertz CT molecular complexity index is 401. The Hall–Kier alpha value is -1.17. The molecule has 1 rings (SSSR count). The molecule has 1 aromatic rings. The highest BCUT2D eigenvalue weighted by atomic mass is 35.5. The SMILES string of the molecule is O=C(NCCCOCCO)c1cccc(F)c1Cl. The van der Waals surface area contributed by atoms with Crippen molar-refractivity contribution >= 4 is 17.5 Å². The monoisotopic (exact) mass is 275 g/mol. The molecule has 0 bridgehead atoms. The van der Waals surface area contributed by atoms with Crippen molar-refractivity contribution in [1.82, 2.24) is 5.32 Å². The number of aliphatic hydroxyl groups is 1. The largest absolute Gasteiger partial charge is 0.394 e. The van der Waals surface area contributed by atoms with Crippen molar-refractivity contribution < 1.29 is 19.0 Å². The number of amides is 1. The first kappa shape index (κ1) is 14.9. The lowest BCUT2D eigenvalue weighted by atomic mass is 10.2. The maximum absolute atomic E-state index is 13.1. The minimum atomic E-state index is -0.615. The van der Waals surface area contributed by atoms with Crippen molar-refractivity contribution in [3.05, 3.63) is 34.6 Å². The van der Waals surface area contributed by atoms with Gasteiger partial charge in [-0.1, -0.05) is 17.7 Å². The van der Waals surface area contributed by atoms with E-state index in [1.54, 1.807) is 0 Å². The highest BCUT2D eigenvalue weighted by Crippen LogP contribution is 2.19. The lowest BCUT2D eigenvalue weighted by Gasteiger charge is -2.07. The zero-order chi connectivity index (χ0) is 13.4. The van der Waals surface area contributed by atoms with Gasteiger partial charge in [-0.3, -0.25) is 4.79 Å². The fourth-order valence-electron chi connectivity index (χ4n) is 1.32. The summed E-state index contributed by atoms with van der Waals surface area (Å²) in [5.74, 6) is -1.03. The van der Waals surface area contributed by atoms with Gasteiger partial charge in [-0.2, -0.15) is 0 Å². The highest BCUT2D eigenvalue weighted by Gasteiger charge is 2.12. The summed E-state index contributed by atoms with van der Waals surface area (Å²) in [6, 6.07) is 4.09. The summed E-state index contributed by atoms with van der Waals surface area (Å²) in [5, 5.41) is 10.9. The van der Waals surface area contributed by atoms with E-state index in [0.29, 0.717) is 19.6 Å². The predicted molar refractivity (Wildman–Crippen MR) is 66.3 cm³/mol. The number of hydrogen-bond acceptors (Lipinski definition) is 3. The van der Waals surface area contributed by atoms with Crippen LogP contribution in [0.2, 0.25) is 5.02 Å². The molecule has 2 N–H and O–H groups in total. The number of ether oxygens (including phenoxy) is 1. The number of rotatable bonds is 7. The summed E-state index contributed by atoms with van der Waals surface area (Å²) in [5.41, 5.74) is 0.118. The van der Waals surface area contributed by atoms with Crippen LogP contribution in [0.4, 0.5) is 4.39 Å². The van der Waals surface area contributed by atoms with Gasteiger partial charge < -0.3 is 15.2 Å². The Morgan fingerprint density at radius 3 is 2.94 bits per heavy atom. The number of benzene rings is 1. The molecule has 0 saturated heterocycles. The van der Waals surface area contributed by atoms with E-state index in [1.807, 2.05) is 0 Å². The molecule has 18 heavy (non-hydrogen) atoms. The maximum Gasteiger partial charge on any atom is 0.252 e. The molecule has 0 aromatic heterocycles. The normalized spacial score (nSPS) is 10.4. The Balaban J connectivity index is 2.35. The molecule has 1 aromatic carbocycles. The second-order valence-corrected chi connectivity index (χ2v) is 3.92. The first-order valence-corrected chi connectivity index (χ1v) is 5.95. The van der Waals surface area contributed by atoms with Gasteiger partial charge in [0.05, 0.1) is 23.8 Å². The zero-order valence-electron chi connectivity index (χ0n) is 9.79. The standard InChI is InChI=1S/C12H15ClFNO3/c13-11-9(3-1-4-10(11)14)12(17)15-5-2-7-18-8-6-16/h1,3-4,16H,2,5-8H2,(H,15,17). The van der Waals surface area contributed by atoms with E-state index in [4.69, 9.17) is 21.4 Å². The van der Waals surface area contributed by atoms with Gasteiger partial charge in [0.15, 0.2) is 0 Å². The van der Waals surface area contributed by atoms with Crippen LogP contribution in [-0.4, -0.2) is 37.4 Å². The van der Waals surface area contributed by atoms with Crippen LogP contribution in [0.5, 0.6) is 0 Å². The van der Waals surface area contributed by atoms with Gasteiger partial charge in [0.1, 0.15) is 5.82 Å². The zero-order valence-corrected chi connectivity index (χ0v) is 10.5. The highest BCUT2D eigenvalue weighted by molar-refractivity contribution is 6.34. The van der Waals surface area contributed by atoms with Crippen LogP contribution >= 0.6 is 11.6 Å². The molecule has 6 heteroatoms. The van der Waals surface area contributed by atoms with Gasteiger partial charge in [-0.25, -0.2) is 4.39 Å². The molecule has 0 atom stereocenters. The first-order valence-electron chi connectivity index (χ1n) is 5.57. The molecule has 100 valence electrons. The smallest absolute Gasteiger partial charge is 0.252 e. The summed E-state index contributed by atoms with van der Waals surface area (Å²) in [6.45, 7) is 1.10. The topological polar surface area (TPSA) is 58.6 Å². The Morgan fingerprint density at radius 2 is 2.22 bits per heavy atom. The minimum absolute atomic E-state index is 0.0226. The van der Waals surface area contributed by atoms with Gasteiger partial charge in [0.25, 0.3) is 5.91 Å². The Labute approximate surface area is 110 Å². The molecule has 1 amide bonds. The van der Waals surface area contributed by atoms with E-state index in [0.717, 1.165) is 0 Å². The van der Waals surface area contributed by atoms with Crippen LogP contribution in [-0.2, 0) is 4.74 Å². The van der Waals surface area contributed by atoms with Gasteiger partial charge in [0.2, 0.25) is 0 Å². The number of halogens is 2. The van der Waals surface area contributed by atoms with Crippen LogP contribution in [0, 0.1) is 5.82 Å². The van der Waals surface area contributed by atoms with Crippen LogP contribution in [0.25, 0.3) is 0 Å². The van der Waals surface area contributed by atoms with E-state index in [-0.39, 0.29) is 23.8 Å². The number of carbonyl (C=O) groups excluding carboxylic acids is 1. The van der Waals surface area contributed by atoms with Gasteiger partial charge in [-0.05, 0) is 18.6 Å². The third-order valence-electron chi connectivity index (χ3n) is 2.18. The molecule has 0 unspecified atom stereocenters. The Morgan fingerprint density at radius 1 is 1.44 bits per heavy atom. The molecular formula is C12H15ClFNO3. The molecule has 0 aliphatic carbocycles. The van der Waals surface area contributed by atoms with Gasteiger partial charge in [0, 0.05) is 13.2 Å². The molecule has 0 spiro atoms. The predicted octanol–water partition coefficient (Wildman–Crippen LogP) is 1.61. The van der Waals surface area contributed by atoms with Crippen LogP contribution in [0.1, 0.15) is 16.8 Å². The van der Waals surface area contributed by atoms with Crippen molar-refractivity contribution in [3.63, 3.8) is 0 Å². The molecule has 0 heterocycles. The second kappa shape index (κ2) is 8.02. The van der Waals surface area contributed by atoms with Gasteiger partial charge in [-0.15, -0.1) is 0 Å². The average Bonchev–Trinajstić information content (AvgIpc) is 2.36. The lowest BCUT2D eigenvalue weighted by molar-refractivity contribution is 0.0867.